The Balaban J connectivity index is 0. The molecule has 0 aliphatic rings. The molecule has 0 saturated carbocycles. The number of hydrogen-bond acceptors (Lipinski definition) is 3. The first-order valence-electron chi connectivity index (χ1n) is 1.48. The second-order valence-electron chi connectivity index (χ2n) is 0.867. The Labute approximate surface area is 45.2 Å². The van der Waals surface area contributed by atoms with Gasteiger partial charge in [-0.1, -0.05) is 0 Å². The van der Waals surface area contributed by atoms with E-state index in [4.69, 9.17) is 10.8 Å². The Morgan fingerprint density at radius 1 is 1.43 bits per heavy atom. The van der Waals surface area contributed by atoms with Crippen LogP contribution in [0, 0.1) is 10.8 Å². The highest BCUT2D eigenvalue weighted by molar-refractivity contribution is 7.83. The molecule has 0 aromatic rings. The highest BCUT2D eigenvalue weighted by atomic mass is 32.2. The molecule has 4 heteroatoms. The molecule has 0 radical (unpaired) electrons. The molecule has 2 N–H and O–H groups in total. The molecule has 0 unspecified atom stereocenters. The van der Waals surface area contributed by atoms with Crippen LogP contribution in [0.4, 0.5) is 0 Å². The molecule has 0 rings (SSSR count). The molecule has 0 aliphatic carbocycles. The summed E-state index contributed by atoms with van der Waals surface area (Å²) in [5.74, 6) is 0. The van der Waals surface area contributed by atoms with E-state index in [1.807, 2.05) is 0 Å². The van der Waals surface area contributed by atoms with Crippen molar-refractivity contribution in [2.45, 2.75) is 0 Å². The SMILES string of the molecule is CS(C)=O.N=C=N. The fourth-order valence-electron chi connectivity index (χ4n) is 0. The second kappa shape index (κ2) is 9.11. The zero-order valence-corrected chi connectivity index (χ0v) is 5.13. The van der Waals surface area contributed by atoms with Gasteiger partial charge in [-0.3, -0.25) is 4.21 Å². The molecular weight excluding hydrogens is 112 g/mol. The lowest BCUT2D eigenvalue weighted by atomic mass is 11.6. The molecule has 0 heterocycles. The molecule has 0 aliphatic heterocycles. The van der Waals surface area contributed by atoms with Gasteiger partial charge in [0.15, 0.2) is 0 Å². The van der Waals surface area contributed by atoms with Crippen molar-refractivity contribution in [2.75, 3.05) is 12.5 Å². The van der Waals surface area contributed by atoms with Crippen LogP contribution in [0.1, 0.15) is 0 Å². The molecule has 0 saturated heterocycles. The predicted molar refractivity (Wildman–Crippen MR) is 30.4 cm³/mol. The Kier molecular flexibility index (Phi) is 12.7. The Morgan fingerprint density at radius 2 is 1.43 bits per heavy atom. The van der Waals surface area contributed by atoms with Gasteiger partial charge >= 0.3 is 0 Å². The molecular formula is C3H8N2OS. The maximum Gasteiger partial charge on any atom is 0.0831 e. The smallest absolute Gasteiger partial charge is 0.0831 e. The number of rotatable bonds is 0. The first-order chi connectivity index (χ1) is 3.15. The van der Waals surface area contributed by atoms with Crippen LogP contribution in [0.15, 0.2) is 0 Å². The monoisotopic (exact) mass is 120 g/mol. The van der Waals surface area contributed by atoms with Crippen LogP contribution in [0.5, 0.6) is 0 Å². The van der Waals surface area contributed by atoms with Crippen LogP contribution in [-0.2, 0) is 10.8 Å². The van der Waals surface area contributed by atoms with Crippen LogP contribution in [0.3, 0.4) is 0 Å². The van der Waals surface area contributed by atoms with E-state index in [-0.39, 0.29) is 0 Å². The summed E-state index contributed by atoms with van der Waals surface area (Å²) in [6, 6.07) is 1.25. The summed E-state index contributed by atoms with van der Waals surface area (Å²) >= 11 is 0. The van der Waals surface area contributed by atoms with Crippen molar-refractivity contribution in [3.8, 4) is 0 Å². The maximum absolute atomic E-state index is 9.56. The van der Waals surface area contributed by atoms with Crippen molar-refractivity contribution >= 4 is 16.8 Å². The lowest BCUT2D eigenvalue weighted by molar-refractivity contribution is 0.690. The normalized spacial score (nSPS) is 6.14. The third kappa shape index (κ3) is 312. The standard InChI is InChI=1S/C2H6OS.CH2N2/c1-4(2)3;2-1-3/h1-2H3;2-3H. The lowest BCUT2D eigenvalue weighted by Crippen LogP contribution is -1.70. The van der Waals surface area contributed by atoms with Gasteiger partial charge in [0.2, 0.25) is 0 Å². The summed E-state index contributed by atoms with van der Waals surface area (Å²) in [4.78, 5) is 0. The molecule has 0 spiro atoms. The van der Waals surface area contributed by atoms with Gasteiger partial charge in [0.25, 0.3) is 0 Å². The highest BCUT2D eigenvalue weighted by Crippen LogP contribution is 1.47. The number of nitrogens with one attached hydrogen (secondary N) is 2. The largest absolute Gasteiger partial charge is 0.260 e. The van der Waals surface area contributed by atoms with Gasteiger partial charge in [-0.25, -0.2) is 10.8 Å². The Morgan fingerprint density at radius 3 is 1.43 bits per heavy atom. The summed E-state index contributed by atoms with van der Waals surface area (Å²) in [6.07, 6.45) is 3.28. The van der Waals surface area contributed by atoms with Gasteiger partial charge in [-0.15, -0.1) is 0 Å². The van der Waals surface area contributed by atoms with E-state index in [1.54, 1.807) is 12.5 Å². The molecule has 42 valence electrons. The molecule has 0 bridgehead atoms. The van der Waals surface area contributed by atoms with E-state index in [1.165, 1.54) is 6.01 Å². The molecule has 0 aromatic heterocycles. The Bertz CT molecular complexity index is 80.9. The maximum atomic E-state index is 9.56. The van der Waals surface area contributed by atoms with Gasteiger partial charge in [0.1, 0.15) is 0 Å². The highest BCUT2D eigenvalue weighted by Gasteiger charge is 1.57. The minimum absolute atomic E-state index is 0.611. The zero-order chi connectivity index (χ0) is 6.28. The fraction of sp³-hybridized carbons (Fsp3) is 0.667. The summed E-state index contributed by atoms with van der Waals surface area (Å²) in [7, 11) is -0.611. The summed E-state index contributed by atoms with van der Waals surface area (Å²) < 4.78 is 9.56. The van der Waals surface area contributed by atoms with Crippen molar-refractivity contribution in [1.82, 2.24) is 0 Å². The van der Waals surface area contributed by atoms with E-state index in [2.05, 4.69) is 0 Å². The number of hydrogen-bond donors (Lipinski definition) is 2. The average molecular weight is 120 g/mol. The van der Waals surface area contributed by atoms with Crippen molar-refractivity contribution in [2.24, 2.45) is 0 Å². The van der Waals surface area contributed by atoms with Crippen molar-refractivity contribution in [3.05, 3.63) is 0 Å². The lowest BCUT2D eigenvalue weighted by Gasteiger charge is -1.60. The van der Waals surface area contributed by atoms with E-state index in [9.17, 15) is 4.21 Å². The van der Waals surface area contributed by atoms with Gasteiger partial charge in [-0.05, 0) is 0 Å². The van der Waals surface area contributed by atoms with Gasteiger partial charge < -0.3 is 0 Å². The molecule has 0 atom stereocenters. The van der Waals surface area contributed by atoms with E-state index in [0.29, 0.717) is 0 Å². The van der Waals surface area contributed by atoms with E-state index < -0.39 is 10.8 Å². The summed E-state index contributed by atoms with van der Waals surface area (Å²) in [6.45, 7) is 0. The fourth-order valence-corrected chi connectivity index (χ4v) is 0. The second-order valence-corrected chi connectivity index (χ2v) is 2.35. The van der Waals surface area contributed by atoms with Crippen LogP contribution in [0.2, 0.25) is 0 Å². The minimum atomic E-state index is -0.611. The molecule has 7 heavy (non-hydrogen) atoms. The molecule has 0 fully saturated rings. The van der Waals surface area contributed by atoms with Crippen LogP contribution >= 0.6 is 0 Å². The molecule has 0 amide bonds. The Hall–Kier alpha value is -0.470. The first-order valence-corrected chi connectivity index (χ1v) is 3.45. The van der Waals surface area contributed by atoms with Gasteiger partial charge in [0.05, 0.1) is 6.01 Å². The average Bonchev–Trinajstić information content (AvgIpc) is 1.33. The summed E-state index contributed by atoms with van der Waals surface area (Å²) in [5, 5.41) is 11.2. The summed E-state index contributed by atoms with van der Waals surface area (Å²) in [5.41, 5.74) is 0. The van der Waals surface area contributed by atoms with E-state index in [0.717, 1.165) is 0 Å². The van der Waals surface area contributed by atoms with Crippen LogP contribution in [-0.4, -0.2) is 22.7 Å². The van der Waals surface area contributed by atoms with Crippen molar-refractivity contribution < 1.29 is 4.21 Å². The van der Waals surface area contributed by atoms with Gasteiger partial charge in [0, 0.05) is 23.3 Å². The third-order valence-corrected chi connectivity index (χ3v) is 0. The van der Waals surface area contributed by atoms with Gasteiger partial charge in [-0.2, -0.15) is 0 Å². The zero-order valence-electron chi connectivity index (χ0n) is 4.32. The first kappa shape index (κ1) is 9.73. The molecule has 0 aromatic carbocycles. The van der Waals surface area contributed by atoms with Crippen molar-refractivity contribution in [3.63, 3.8) is 0 Å². The molecule has 3 nitrogen and oxygen atoms in total. The van der Waals surface area contributed by atoms with Crippen LogP contribution < -0.4 is 0 Å². The third-order valence-electron chi connectivity index (χ3n) is 0. The van der Waals surface area contributed by atoms with Crippen LogP contribution in [0.25, 0.3) is 0 Å². The topological polar surface area (TPSA) is 64.8 Å². The quantitative estimate of drug-likeness (QED) is 0.444. The minimum Gasteiger partial charge on any atom is -0.260 e. The van der Waals surface area contributed by atoms with E-state index >= 15 is 0 Å². The van der Waals surface area contributed by atoms with Crippen molar-refractivity contribution in [1.29, 1.82) is 10.8 Å². The predicted octanol–water partition coefficient (Wildman–Crippen LogP) is 0.313.